The molecule has 1 aromatic carbocycles. The average Bonchev–Trinajstić information content (AvgIpc) is 2.91. The lowest BCUT2D eigenvalue weighted by molar-refractivity contribution is 0.873. The molecule has 0 amide bonds. The first-order chi connectivity index (χ1) is 10.7. The minimum absolute atomic E-state index is 0.321. The van der Waals surface area contributed by atoms with Crippen LogP contribution in [-0.4, -0.2) is 27.5 Å². The second-order valence-corrected chi connectivity index (χ2v) is 5.60. The van der Waals surface area contributed by atoms with Crippen LogP contribution in [0.2, 0.25) is 0 Å². The molecule has 5 nitrogen and oxygen atoms in total. The Labute approximate surface area is 130 Å². The topological polar surface area (TPSA) is 65.6 Å². The van der Waals surface area contributed by atoms with E-state index in [1.807, 2.05) is 12.1 Å². The Balaban J connectivity index is 1.61. The van der Waals surface area contributed by atoms with Crippen molar-refractivity contribution in [2.24, 2.45) is 0 Å². The molecule has 0 bridgehead atoms. The van der Waals surface area contributed by atoms with Crippen molar-refractivity contribution in [3.05, 3.63) is 48.3 Å². The fraction of sp³-hybridized carbons (Fsp3) is 0.294. The van der Waals surface area contributed by atoms with Gasteiger partial charge in [-0.15, -0.1) is 0 Å². The molecule has 2 heterocycles. The Morgan fingerprint density at radius 2 is 2.05 bits per heavy atom. The van der Waals surface area contributed by atoms with Crippen LogP contribution in [0.15, 0.2) is 42.7 Å². The molecule has 114 valence electrons. The van der Waals surface area contributed by atoms with E-state index in [1.54, 1.807) is 6.20 Å². The van der Waals surface area contributed by atoms with Crippen molar-refractivity contribution in [2.75, 3.05) is 17.2 Å². The van der Waals surface area contributed by atoms with Crippen molar-refractivity contribution >= 4 is 22.7 Å². The predicted octanol–water partition coefficient (Wildman–Crippen LogP) is 3.43. The SMILES string of the molecule is CC(C)Nc1nccc(NCCc2c[nH]c3ccccc23)n1. The molecule has 0 fully saturated rings. The number of aromatic nitrogens is 3. The van der Waals surface area contributed by atoms with Crippen LogP contribution >= 0.6 is 0 Å². The number of hydrogen-bond acceptors (Lipinski definition) is 4. The lowest BCUT2D eigenvalue weighted by Crippen LogP contribution is -2.13. The zero-order chi connectivity index (χ0) is 15.4. The Bertz CT molecular complexity index is 747. The number of aromatic amines is 1. The van der Waals surface area contributed by atoms with Crippen molar-refractivity contribution in [1.29, 1.82) is 0 Å². The van der Waals surface area contributed by atoms with Crippen molar-refractivity contribution in [3.63, 3.8) is 0 Å². The molecule has 3 aromatic rings. The van der Waals surface area contributed by atoms with Crippen LogP contribution in [0, 0.1) is 0 Å². The van der Waals surface area contributed by atoms with Crippen molar-refractivity contribution < 1.29 is 0 Å². The summed E-state index contributed by atoms with van der Waals surface area (Å²) in [5.74, 6) is 1.50. The number of nitrogens with zero attached hydrogens (tertiary/aromatic N) is 2. The fourth-order valence-electron chi connectivity index (χ4n) is 2.45. The van der Waals surface area contributed by atoms with Gasteiger partial charge in [0.05, 0.1) is 0 Å². The quantitative estimate of drug-likeness (QED) is 0.652. The summed E-state index contributed by atoms with van der Waals surface area (Å²) < 4.78 is 0. The molecule has 0 aliphatic heterocycles. The summed E-state index contributed by atoms with van der Waals surface area (Å²) in [7, 11) is 0. The first kappa shape index (κ1) is 14.4. The van der Waals surface area contributed by atoms with Crippen LogP contribution in [0.5, 0.6) is 0 Å². The van der Waals surface area contributed by atoms with Gasteiger partial charge in [0.2, 0.25) is 5.95 Å². The van der Waals surface area contributed by atoms with Crippen LogP contribution in [0.25, 0.3) is 10.9 Å². The largest absolute Gasteiger partial charge is 0.370 e. The molecule has 3 rings (SSSR count). The van der Waals surface area contributed by atoms with Gasteiger partial charge in [0, 0.05) is 35.9 Å². The smallest absolute Gasteiger partial charge is 0.224 e. The molecule has 0 spiro atoms. The van der Waals surface area contributed by atoms with E-state index in [4.69, 9.17) is 0 Å². The minimum Gasteiger partial charge on any atom is -0.370 e. The van der Waals surface area contributed by atoms with E-state index in [1.165, 1.54) is 16.5 Å². The van der Waals surface area contributed by atoms with Gasteiger partial charge in [-0.25, -0.2) is 4.98 Å². The normalized spacial score (nSPS) is 11.0. The summed E-state index contributed by atoms with van der Waals surface area (Å²) in [5, 5.41) is 7.85. The molecule has 3 N–H and O–H groups in total. The maximum Gasteiger partial charge on any atom is 0.224 e. The number of anilines is 2. The van der Waals surface area contributed by atoms with Gasteiger partial charge in [0.25, 0.3) is 0 Å². The molecule has 0 aliphatic carbocycles. The second-order valence-electron chi connectivity index (χ2n) is 5.60. The van der Waals surface area contributed by atoms with Gasteiger partial charge in [0.15, 0.2) is 0 Å². The van der Waals surface area contributed by atoms with Gasteiger partial charge in [-0.05, 0) is 38.0 Å². The average molecular weight is 295 g/mol. The summed E-state index contributed by atoms with van der Waals surface area (Å²) in [6.07, 6.45) is 4.80. The highest BCUT2D eigenvalue weighted by molar-refractivity contribution is 5.83. The summed E-state index contributed by atoms with van der Waals surface area (Å²) in [4.78, 5) is 12.0. The zero-order valence-corrected chi connectivity index (χ0v) is 12.9. The highest BCUT2D eigenvalue weighted by Crippen LogP contribution is 2.18. The molecule has 2 aromatic heterocycles. The van der Waals surface area contributed by atoms with Crippen LogP contribution in [-0.2, 0) is 6.42 Å². The minimum atomic E-state index is 0.321. The maximum absolute atomic E-state index is 4.45. The monoisotopic (exact) mass is 295 g/mol. The van der Waals surface area contributed by atoms with E-state index in [-0.39, 0.29) is 0 Å². The van der Waals surface area contributed by atoms with Gasteiger partial charge in [-0.2, -0.15) is 4.98 Å². The fourth-order valence-corrected chi connectivity index (χ4v) is 2.45. The van der Waals surface area contributed by atoms with Crippen molar-refractivity contribution in [3.8, 4) is 0 Å². The molecule has 0 unspecified atom stereocenters. The van der Waals surface area contributed by atoms with E-state index in [0.717, 1.165) is 18.8 Å². The van der Waals surface area contributed by atoms with Crippen LogP contribution in [0.1, 0.15) is 19.4 Å². The number of H-pyrrole nitrogens is 1. The number of rotatable bonds is 6. The lowest BCUT2D eigenvalue weighted by Gasteiger charge is -2.10. The Morgan fingerprint density at radius 1 is 1.18 bits per heavy atom. The van der Waals surface area contributed by atoms with Gasteiger partial charge in [-0.1, -0.05) is 18.2 Å². The third-order valence-corrected chi connectivity index (χ3v) is 3.45. The van der Waals surface area contributed by atoms with Gasteiger partial charge in [-0.3, -0.25) is 0 Å². The third kappa shape index (κ3) is 3.36. The second kappa shape index (κ2) is 6.47. The van der Waals surface area contributed by atoms with Crippen molar-refractivity contribution in [2.45, 2.75) is 26.3 Å². The number of para-hydroxylation sites is 1. The molecule has 5 heteroatoms. The van der Waals surface area contributed by atoms with E-state index in [0.29, 0.717) is 12.0 Å². The molecule has 0 saturated heterocycles. The number of fused-ring (bicyclic) bond motifs is 1. The summed E-state index contributed by atoms with van der Waals surface area (Å²) in [6, 6.07) is 10.6. The number of hydrogen-bond donors (Lipinski definition) is 3. The van der Waals surface area contributed by atoms with Crippen LogP contribution < -0.4 is 10.6 Å². The highest BCUT2D eigenvalue weighted by atomic mass is 15.1. The summed E-state index contributed by atoms with van der Waals surface area (Å²) >= 11 is 0. The van der Waals surface area contributed by atoms with Gasteiger partial charge >= 0.3 is 0 Å². The molecular weight excluding hydrogens is 274 g/mol. The van der Waals surface area contributed by atoms with Crippen LogP contribution in [0.4, 0.5) is 11.8 Å². The molecule has 0 radical (unpaired) electrons. The first-order valence-electron chi connectivity index (χ1n) is 7.61. The Kier molecular flexibility index (Phi) is 4.23. The Hall–Kier alpha value is -2.56. The highest BCUT2D eigenvalue weighted by Gasteiger charge is 2.04. The number of nitrogens with one attached hydrogen (secondary N) is 3. The standard InChI is InChI=1S/C17H21N5/c1-12(2)21-17-19-10-8-16(22-17)18-9-7-13-11-20-15-6-4-3-5-14(13)15/h3-6,8,10-12,20H,7,9H2,1-2H3,(H2,18,19,21,22). The molecule has 22 heavy (non-hydrogen) atoms. The molecule has 0 saturated carbocycles. The maximum atomic E-state index is 4.45. The third-order valence-electron chi connectivity index (χ3n) is 3.45. The summed E-state index contributed by atoms with van der Waals surface area (Å²) in [5.41, 5.74) is 2.50. The predicted molar refractivity (Wildman–Crippen MR) is 91.3 cm³/mol. The first-order valence-corrected chi connectivity index (χ1v) is 7.61. The Morgan fingerprint density at radius 3 is 2.91 bits per heavy atom. The van der Waals surface area contributed by atoms with E-state index >= 15 is 0 Å². The number of benzene rings is 1. The summed E-state index contributed by atoms with van der Waals surface area (Å²) in [6.45, 7) is 4.97. The van der Waals surface area contributed by atoms with Crippen molar-refractivity contribution in [1.82, 2.24) is 15.0 Å². The molecular formula is C17H21N5. The van der Waals surface area contributed by atoms with E-state index < -0.39 is 0 Å². The lowest BCUT2D eigenvalue weighted by atomic mass is 10.1. The van der Waals surface area contributed by atoms with Gasteiger partial charge < -0.3 is 15.6 Å². The molecule has 0 atom stereocenters. The van der Waals surface area contributed by atoms with E-state index in [2.05, 4.69) is 63.8 Å². The van der Waals surface area contributed by atoms with Gasteiger partial charge in [0.1, 0.15) is 5.82 Å². The van der Waals surface area contributed by atoms with E-state index in [9.17, 15) is 0 Å². The molecule has 0 aliphatic rings. The zero-order valence-electron chi connectivity index (χ0n) is 12.9. The van der Waals surface area contributed by atoms with Crippen LogP contribution in [0.3, 0.4) is 0 Å².